The van der Waals surface area contributed by atoms with E-state index in [0.29, 0.717) is 18.2 Å². The predicted molar refractivity (Wildman–Crippen MR) is 66.4 cm³/mol. The average Bonchev–Trinajstić information content (AvgIpc) is 2.70. The van der Waals surface area contributed by atoms with Crippen LogP contribution in [0, 0.1) is 11.8 Å². The second-order valence-electron chi connectivity index (χ2n) is 4.70. The van der Waals surface area contributed by atoms with Crippen LogP contribution in [-0.2, 0) is 11.2 Å². The van der Waals surface area contributed by atoms with Crippen molar-refractivity contribution in [1.29, 1.82) is 0 Å². The third-order valence-corrected chi connectivity index (χ3v) is 4.55. The number of hydrogen-bond donors (Lipinski definition) is 1. The number of nitrogens with one attached hydrogen (secondary N) is 1. The van der Waals surface area contributed by atoms with Crippen LogP contribution < -0.4 is 0 Å². The van der Waals surface area contributed by atoms with Crippen LogP contribution in [0.4, 0.5) is 0 Å². The SMILES string of the molecule is CCOC(=O)c1n[nH]c2c1CC1C(CSC)C21. The molecule has 1 saturated carbocycles. The van der Waals surface area contributed by atoms with Gasteiger partial charge in [-0.25, -0.2) is 4.79 Å². The van der Waals surface area contributed by atoms with Crippen LogP contribution in [0.15, 0.2) is 0 Å². The van der Waals surface area contributed by atoms with E-state index in [1.165, 1.54) is 11.4 Å². The molecule has 17 heavy (non-hydrogen) atoms. The Kier molecular flexibility index (Phi) is 2.65. The Morgan fingerprint density at radius 1 is 1.65 bits per heavy atom. The highest BCUT2D eigenvalue weighted by Crippen LogP contribution is 2.62. The summed E-state index contributed by atoms with van der Waals surface area (Å²) in [6.45, 7) is 2.22. The number of aromatic nitrogens is 2. The molecule has 1 N–H and O–H groups in total. The highest BCUT2D eigenvalue weighted by Gasteiger charge is 2.57. The van der Waals surface area contributed by atoms with Gasteiger partial charge in [0.25, 0.3) is 0 Å². The molecule has 0 aliphatic heterocycles. The zero-order valence-corrected chi connectivity index (χ0v) is 10.8. The molecule has 0 saturated heterocycles. The standard InChI is InChI=1S/C12H16N2O2S/c1-3-16-12(15)11-7-4-6-8(5-17-2)9(6)10(7)13-14-11/h6,8-9H,3-5H2,1-2H3,(H,13,14). The molecule has 1 aromatic heterocycles. The highest BCUT2D eigenvalue weighted by atomic mass is 32.2. The fourth-order valence-corrected chi connectivity index (χ4v) is 3.88. The van der Waals surface area contributed by atoms with Crippen molar-refractivity contribution in [3.8, 4) is 0 Å². The lowest BCUT2D eigenvalue weighted by Gasteiger charge is -2.03. The van der Waals surface area contributed by atoms with Gasteiger partial charge in [-0.1, -0.05) is 0 Å². The minimum Gasteiger partial charge on any atom is -0.461 e. The van der Waals surface area contributed by atoms with Gasteiger partial charge >= 0.3 is 5.97 Å². The first-order chi connectivity index (χ1) is 8.27. The zero-order chi connectivity index (χ0) is 12.0. The number of thioether (sulfide) groups is 1. The molecule has 2 aliphatic rings. The first-order valence-corrected chi connectivity index (χ1v) is 7.40. The molecule has 3 rings (SSSR count). The van der Waals surface area contributed by atoms with E-state index < -0.39 is 0 Å². The maximum Gasteiger partial charge on any atom is 0.359 e. The number of carbonyl (C=O) groups is 1. The van der Waals surface area contributed by atoms with E-state index >= 15 is 0 Å². The maximum absolute atomic E-state index is 11.7. The Labute approximate surface area is 104 Å². The zero-order valence-electron chi connectivity index (χ0n) is 10.0. The van der Waals surface area contributed by atoms with Crippen molar-refractivity contribution in [2.75, 3.05) is 18.6 Å². The topological polar surface area (TPSA) is 55.0 Å². The lowest BCUT2D eigenvalue weighted by atomic mass is 10.1. The summed E-state index contributed by atoms with van der Waals surface area (Å²) in [5.41, 5.74) is 2.81. The van der Waals surface area contributed by atoms with E-state index in [1.807, 2.05) is 18.7 Å². The van der Waals surface area contributed by atoms with Crippen molar-refractivity contribution >= 4 is 17.7 Å². The number of esters is 1. The lowest BCUT2D eigenvalue weighted by molar-refractivity contribution is 0.0518. The summed E-state index contributed by atoms with van der Waals surface area (Å²) in [4.78, 5) is 11.7. The highest BCUT2D eigenvalue weighted by molar-refractivity contribution is 7.98. The predicted octanol–water partition coefficient (Wildman–Crippen LogP) is 1.84. The van der Waals surface area contributed by atoms with Gasteiger partial charge in [0.15, 0.2) is 5.69 Å². The largest absolute Gasteiger partial charge is 0.461 e. The summed E-state index contributed by atoms with van der Waals surface area (Å²) < 4.78 is 5.01. The molecular formula is C12H16N2O2S. The van der Waals surface area contributed by atoms with Crippen molar-refractivity contribution in [3.05, 3.63) is 17.0 Å². The minimum absolute atomic E-state index is 0.285. The van der Waals surface area contributed by atoms with E-state index in [-0.39, 0.29) is 5.97 Å². The molecule has 2 aliphatic carbocycles. The molecule has 3 unspecified atom stereocenters. The van der Waals surface area contributed by atoms with E-state index in [1.54, 1.807) is 0 Å². The number of aromatic amines is 1. The van der Waals surface area contributed by atoms with Gasteiger partial charge in [0.05, 0.1) is 6.61 Å². The molecule has 1 aromatic rings. The molecule has 1 fully saturated rings. The van der Waals surface area contributed by atoms with Crippen LogP contribution in [0.1, 0.15) is 34.6 Å². The fraction of sp³-hybridized carbons (Fsp3) is 0.667. The van der Waals surface area contributed by atoms with E-state index in [9.17, 15) is 4.79 Å². The summed E-state index contributed by atoms with van der Waals surface area (Å²) in [6, 6.07) is 0. The first-order valence-electron chi connectivity index (χ1n) is 6.01. The van der Waals surface area contributed by atoms with E-state index in [2.05, 4.69) is 16.5 Å². The van der Waals surface area contributed by atoms with Crippen molar-refractivity contribution < 1.29 is 9.53 Å². The van der Waals surface area contributed by atoms with Gasteiger partial charge in [-0.2, -0.15) is 16.9 Å². The molecule has 3 atom stereocenters. The Morgan fingerprint density at radius 2 is 2.47 bits per heavy atom. The third kappa shape index (κ3) is 1.59. The van der Waals surface area contributed by atoms with Gasteiger partial charge in [-0.3, -0.25) is 5.10 Å². The Hall–Kier alpha value is -0.970. The summed E-state index contributed by atoms with van der Waals surface area (Å²) in [7, 11) is 0. The number of carbonyl (C=O) groups excluding carboxylic acids is 1. The molecule has 0 radical (unpaired) electrons. The van der Waals surface area contributed by atoms with Gasteiger partial charge in [-0.05, 0) is 37.2 Å². The Morgan fingerprint density at radius 3 is 3.18 bits per heavy atom. The summed E-state index contributed by atoms with van der Waals surface area (Å²) >= 11 is 1.90. The maximum atomic E-state index is 11.7. The van der Waals surface area contributed by atoms with Crippen LogP contribution in [0.25, 0.3) is 0 Å². The second-order valence-corrected chi connectivity index (χ2v) is 5.61. The van der Waals surface area contributed by atoms with Gasteiger partial charge in [0, 0.05) is 17.2 Å². The molecule has 5 heteroatoms. The molecule has 4 nitrogen and oxygen atoms in total. The number of rotatable bonds is 4. The Balaban J connectivity index is 1.79. The normalized spacial score (nSPS) is 28.7. The van der Waals surface area contributed by atoms with E-state index in [0.717, 1.165) is 23.8 Å². The van der Waals surface area contributed by atoms with Crippen molar-refractivity contribution in [2.45, 2.75) is 19.3 Å². The number of ether oxygens (including phenoxy) is 1. The number of nitrogens with zero attached hydrogens (tertiary/aromatic N) is 1. The van der Waals surface area contributed by atoms with Gasteiger partial charge < -0.3 is 4.74 Å². The van der Waals surface area contributed by atoms with Gasteiger partial charge in [-0.15, -0.1) is 0 Å². The molecule has 0 aromatic carbocycles. The molecule has 92 valence electrons. The molecular weight excluding hydrogens is 236 g/mol. The van der Waals surface area contributed by atoms with Crippen LogP contribution in [0.3, 0.4) is 0 Å². The summed E-state index contributed by atoms with van der Waals surface area (Å²) in [5, 5.41) is 7.17. The minimum atomic E-state index is -0.285. The third-order valence-electron chi connectivity index (χ3n) is 3.83. The number of H-pyrrole nitrogens is 1. The summed E-state index contributed by atoms with van der Waals surface area (Å²) in [5.74, 6) is 3.07. The lowest BCUT2D eigenvalue weighted by Crippen LogP contribution is -2.08. The molecule has 0 spiro atoms. The smallest absolute Gasteiger partial charge is 0.359 e. The average molecular weight is 252 g/mol. The second kappa shape index (κ2) is 4.05. The first kappa shape index (κ1) is 11.1. The number of fused-ring (bicyclic) bond motifs is 3. The van der Waals surface area contributed by atoms with Crippen LogP contribution in [0.5, 0.6) is 0 Å². The van der Waals surface area contributed by atoms with Gasteiger partial charge in [0.2, 0.25) is 0 Å². The fourth-order valence-electron chi connectivity index (χ4n) is 3.04. The van der Waals surface area contributed by atoms with Crippen molar-refractivity contribution in [2.24, 2.45) is 11.8 Å². The van der Waals surface area contributed by atoms with Crippen molar-refractivity contribution in [1.82, 2.24) is 10.2 Å². The van der Waals surface area contributed by atoms with Crippen LogP contribution in [-0.4, -0.2) is 34.8 Å². The molecule has 0 amide bonds. The molecule has 0 bridgehead atoms. The Bertz CT molecular complexity index is 457. The molecule has 1 heterocycles. The van der Waals surface area contributed by atoms with Crippen LogP contribution in [0.2, 0.25) is 0 Å². The monoisotopic (exact) mass is 252 g/mol. The summed E-state index contributed by atoms with van der Waals surface area (Å²) in [6.07, 6.45) is 3.14. The van der Waals surface area contributed by atoms with Gasteiger partial charge in [0.1, 0.15) is 0 Å². The number of hydrogen-bond acceptors (Lipinski definition) is 4. The van der Waals surface area contributed by atoms with Crippen molar-refractivity contribution in [3.63, 3.8) is 0 Å². The quantitative estimate of drug-likeness (QED) is 0.831. The van der Waals surface area contributed by atoms with Crippen LogP contribution >= 0.6 is 11.8 Å². The van der Waals surface area contributed by atoms with E-state index in [4.69, 9.17) is 4.74 Å².